The van der Waals surface area contributed by atoms with Crippen LogP contribution in [0, 0.1) is 0 Å². The Morgan fingerprint density at radius 1 is 0.793 bits per heavy atom. The van der Waals surface area contributed by atoms with Gasteiger partial charge in [0.1, 0.15) is 0 Å². The molecule has 4 rings (SSSR count). The summed E-state index contributed by atoms with van der Waals surface area (Å²) in [7, 11) is 0. The molecule has 1 aliphatic rings. The largest absolute Gasteiger partial charge is 0.395 e. The lowest BCUT2D eigenvalue weighted by Crippen LogP contribution is -2.40. The van der Waals surface area contributed by atoms with E-state index in [-0.39, 0.29) is 24.7 Å². The molecule has 1 aliphatic heterocycles. The fraction of sp³-hybridized carbons (Fsp3) is 0.308. The Labute approximate surface area is 174 Å². The molecule has 3 nitrogen and oxygen atoms in total. The van der Waals surface area contributed by atoms with E-state index in [1.807, 2.05) is 0 Å². The van der Waals surface area contributed by atoms with Gasteiger partial charge in [-0.2, -0.15) is 0 Å². The van der Waals surface area contributed by atoms with Crippen LogP contribution in [-0.4, -0.2) is 35.7 Å². The van der Waals surface area contributed by atoms with Crippen molar-refractivity contribution in [1.82, 2.24) is 10.2 Å². The van der Waals surface area contributed by atoms with Crippen LogP contribution in [0.25, 0.3) is 0 Å². The van der Waals surface area contributed by atoms with Crippen LogP contribution in [0.2, 0.25) is 0 Å². The Bertz CT molecular complexity index is 814. The highest BCUT2D eigenvalue weighted by Crippen LogP contribution is 2.28. The number of hydrogen-bond donors (Lipinski definition) is 2. The minimum Gasteiger partial charge on any atom is -0.395 e. The molecule has 0 radical (unpaired) electrons. The first kappa shape index (κ1) is 19.8. The topological polar surface area (TPSA) is 35.5 Å². The number of likely N-dealkylation sites (tertiary alicyclic amines) is 1. The van der Waals surface area contributed by atoms with Gasteiger partial charge < -0.3 is 5.11 Å². The highest BCUT2D eigenvalue weighted by molar-refractivity contribution is 5.33. The van der Waals surface area contributed by atoms with E-state index in [0.29, 0.717) is 0 Å². The molecule has 2 atom stereocenters. The quantitative estimate of drug-likeness (QED) is 0.596. The van der Waals surface area contributed by atoms with Crippen molar-refractivity contribution in [3.05, 3.63) is 108 Å². The lowest BCUT2D eigenvalue weighted by Gasteiger charge is -2.32. The number of nitrogens with zero attached hydrogens (tertiary/aromatic N) is 1. The first-order valence-corrected chi connectivity index (χ1v) is 10.6. The second-order valence-corrected chi connectivity index (χ2v) is 7.86. The molecule has 0 amide bonds. The summed E-state index contributed by atoms with van der Waals surface area (Å²) in [6, 6.07) is 32.6. The smallest absolute Gasteiger partial charge is 0.0586 e. The molecule has 0 aliphatic carbocycles. The van der Waals surface area contributed by atoms with Crippen LogP contribution in [0.3, 0.4) is 0 Å². The first-order valence-electron chi connectivity index (χ1n) is 10.6. The Hall–Kier alpha value is -2.46. The first-order chi connectivity index (χ1) is 14.3. The van der Waals surface area contributed by atoms with E-state index >= 15 is 0 Å². The van der Waals surface area contributed by atoms with Crippen molar-refractivity contribution in [2.24, 2.45) is 0 Å². The molecular weight excluding hydrogens is 356 g/mol. The fourth-order valence-corrected chi connectivity index (χ4v) is 4.39. The molecule has 1 saturated heterocycles. The number of benzene rings is 3. The molecule has 150 valence electrons. The number of nitrogens with one attached hydrogen (secondary N) is 1. The van der Waals surface area contributed by atoms with Crippen LogP contribution in [0.15, 0.2) is 91.0 Å². The lowest BCUT2D eigenvalue weighted by atomic mass is 9.96. The van der Waals surface area contributed by atoms with Gasteiger partial charge in [0, 0.05) is 18.6 Å². The van der Waals surface area contributed by atoms with Crippen LogP contribution in [0.1, 0.15) is 41.6 Å². The van der Waals surface area contributed by atoms with Crippen molar-refractivity contribution in [3.8, 4) is 0 Å². The molecule has 1 heterocycles. The molecule has 3 heteroatoms. The second-order valence-electron chi connectivity index (χ2n) is 7.86. The van der Waals surface area contributed by atoms with Crippen molar-refractivity contribution < 1.29 is 5.11 Å². The van der Waals surface area contributed by atoms with Gasteiger partial charge in [-0.25, -0.2) is 0 Å². The average molecular weight is 387 g/mol. The SMILES string of the molecule is OC[C@@H]1CCCN1C[C@H](NC(c1ccccc1)c1ccccc1)c1ccccc1. The summed E-state index contributed by atoms with van der Waals surface area (Å²) in [5.41, 5.74) is 3.81. The Morgan fingerprint density at radius 2 is 1.31 bits per heavy atom. The number of aliphatic hydroxyl groups excluding tert-OH is 1. The zero-order valence-corrected chi connectivity index (χ0v) is 16.8. The predicted octanol–water partition coefficient (Wildman–Crippen LogP) is 4.56. The van der Waals surface area contributed by atoms with Gasteiger partial charge in [0.2, 0.25) is 0 Å². The third kappa shape index (κ3) is 4.94. The molecule has 0 spiro atoms. The van der Waals surface area contributed by atoms with E-state index in [4.69, 9.17) is 0 Å². The summed E-state index contributed by atoms with van der Waals surface area (Å²) < 4.78 is 0. The standard InChI is InChI=1S/C26H30N2O/c29-20-24-17-10-18-28(24)19-25(21-11-4-1-5-12-21)27-26(22-13-6-2-7-14-22)23-15-8-3-9-16-23/h1-9,11-16,24-27,29H,10,17-20H2/t24-,25-/m0/s1. The minimum atomic E-state index is 0.109. The van der Waals surface area contributed by atoms with Gasteiger partial charge >= 0.3 is 0 Å². The maximum Gasteiger partial charge on any atom is 0.0586 e. The molecule has 1 fully saturated rings. The summed E-state index contributed by atoms with van der Waals surface area (Å²) in [4.78, 5) is 2.44. The van der Waals surface area contributed by atoms with Gasteiger partial charge in [-0.15, -0.1) is 0 Å². The van der Waals surface area contributed by atoms with E-state index in [1.165, 1.54) is 16.7 Å². The number of hydrogen-bond acceptors (Lipinski definition) is 3. The summed E-state index contributed by atoms with van der Waals surface area (Å²) in [6.07, 6.45) is 2.24. The van der Waals surface area contributed by atoms with Crippen LogP contribution in [0.5, 0.6) is 0 Å². The van der Waals surface area contributed by atoms with Crippen molar-refractivity contribution in [2.75, 3.05) is 19.7 Å². The molecule has 29 heavy (non-hydrogen) atoms. The van der Waals surface area contributed by atoms with E-state index in [9.17, 15) is 5.11 Å². The highest BCUT2D eigenvalue weighted by atomic mass is 16.3. The third-order valence-electron chi connectivity index (χ3n) is 5.96. The van der Waals surface area contributed by atoms with Crippen molar-refractivity contribution in [2.45, 2.75) is 31.0 Å². The molecule has 3 aromatic carbocycles. The summed E-state index contributed by atoms with van der Waals surface area (Å²) in [6.45, 7) is 2.19. The van der Waals surface area contributed by atoms with Crippen molar-refractivity contribution >= 4 is 0 Å². The van der Waals surface area contributed by atoms with Crippen LogP contribution in [-0.2, 0) is 0 Å². The lowest BCUT2D eigenvalue weighted by molar-refractivity contribution is 0.146. The molecule has 0 unspecified atom stereocenters. The summed E-state index contributed by atoms with van der Waals surface area (Å²) in [5, 5.41) is 13.7. The minimum absolute atomic E-state index is 0.109. The van der Waals surface area contributed by atoms with Crippen molar-refractivity contribution in [1.29, 1.82) is 0 Å². The van der Waals surface area contributed by atoms with E-state index in [1.54, 1.807) is 0 Å². The Kier molecular flexibility index (Phi) is 6.73. The van der Waals surface area contributed by atoms with Gasteiger partial charge in [-0.3, -0.25) is 10.2 Å². The normalized spacial score (nSPS) is 18.2. The summed E-state index contributed by atoms with van der Waals surface area (Å²) in [5.74, 6) is 0. The molecule has 0 aromatic heterocycles. The zero-order chi connectivity index (χ0) is 19.9. The molecule has 2 N–H and O–H groups in total. The Morgan fingerprint density at radius 3 is 1.83 bits per heavy atom. The van der Waals surface area contributed by atoms with Gasteiger partial charge in [0.05, 0.1) is 12.6 Å². The van der Waals surface area contributed by atoms with E-state index < -0.39 is 0 Å². The molecular formula is C26H30N2O. The predicted molar refractivity (Wildman–Crippen MR) is 119 cm³/mol. The zero-order valence-electron chi connectivity index (χ0n) is 16.8. The monoisotopic (exact) mass is 386 g/mol. The molecule has 0 bridgehead atoms. The molecule has 3 aromatic rings. The van der Waals surface area contributed by atoms with Gasteiger partial charge in [0.25, 0.3) is 0 Å². The number of rotatable bonds is 8. The second kappa shape index (κ2) is 9.84. The van der Waals surface area contributed by atoms with Gasteiger partial charge in [-0.05, 0) is 36.1 Å². The van der Waals surface area contributed by atoms with Gasteiger partial charge in [-0.1, -0.05) is 91.0 Å². The molecule has 0 saturated carbocycles. The van der Waals surface area contributed by atoms with Crippen LogP contribution in [0.4, 0.5) is 0 Å². The summed E-state index contributed by atoms with van der Waals surface area (Å²) >= 11 is 0. The van der Waals surface area contributed by atoms with Gasteiger partial charge in [0.15, 0.2) is 0 Å². The van der Waals surface area contributed by atoms with Crippen LogP contribution < -0.4 is 5.32 Å². The maximum atomic E-state index is 9.80. The highest BCUT2D eigenvalue weighted by Gasteiger charge is 2.28. The number of aliphatic hydroxyl groups is 1. The van der Waals surface area contributed by atoms with E-state index in [2.05, 4.69) is 101 Å². The van der Waals surface area contributed by atoms with Crippen LogP contribution >= 0.6 is 0 Å². The average Bonchev–Trinajstić information content (AvgIpc) is 3.25. The Balaban J connectivity index is 1.65. The third-order valence-corrected chi connectivity index (χ3v) is 5.96. The maximum absolute atomic E-state index is 9.80. The van der Waals surface area contributed by atoms with Crippen molar-refractivity contribution in [3.63, 3.8) is 0 Å². The van der Waals surface area contributed by atoms with E-state index in [0.717, 1.165) is 25.9 Å². The fourth-order valence-electron chi connectivity index (χ4n) is 4.39.